The Bertz CT molecular complexity index is 480. The van der Waals surface area contributed by atoms with Gasteiger partial charge in [0.2, 0.25) is 0 Å². The summed E-state index contributed by atoms with van der Waals surface area (Å²) in [5.41, 5.74) is 1.39. The van der Waals surface area contributed by atoms with Crippen LogP contribution in [0.3, 0.4) is 0 Å². The van der Waals surface area contributed by atoms with Gasteiger partial charge in [0.25, 0.3) is 5.69 Å². The number of rotatable bonds is 7. The molecule has 0 bridgehead atoms. The molecule has 6 heteroatoms. The molecule has 0 aliphatic heterocycles. The van der Waals surface area contributed by atoms with Gasteiger partial charge in [0, 0.05) is 24.3 Å². The molecular weight excluding hydrogens is 248 g/mol. The molecule has 0 aliphatic rings. The molecular formula is C13H16N2O4. The third-order valence-electron chi connectivity index (χ3n) is 2.63. The van der Waals surface area contributed by atoms with E-state index in [0.717, 1.165) is 12.0 Å². The highest BCUT2D eigenvalue weighted by Crippen LogP contribution is 2.11. The molecule has 0 saturated carbocycles. The quantitative estimate of drug-likeness (QED) is 0.339. The SMILES string of the molecule is C/C(=C/CNCCc1ccc([N+](=O)[O-])cc1)C(=O)O. The van der Waals surface area contributed by atoms with E-state index in [2.05, 4.69) is 5.32 Å². The summed E-state index contributed by atoms with van der Waals surface area (Å²) < 4.78 is 0. The number of aliphatic carboxylic acids is 1. The molecule has 0 unspecified atom stereocenters. The Hall–Kier alpha value is -2.21. The Morgan fingerprint density at radius 3 is 2.58 bits per heavy atom. The van der Waals surface area contributed by atoms with Gasteiger partial charge in [-0.1, -0.05) is 18.2 Å². The van der Waals surface area contributed by atoms with Gasteiger partial charge in [0.1, 0.15) is 0 Å². The van der Waals surface area contributed by atoms with Crippen LogP contribution >= 0.6 is 0 Å². The van der Waals surface area contributed by atoms with E-state index in [0.29, 0.717) is 18.7 Å². The number of hydrogen-bond donors (Lipinski definition) is 2. The monoisotopic (exact) mass is 264 g/mol. The first-order chi connectivity index (χ1) is 9.00. The maximum atomic E-state index is 10.5. The zero-order valence-corrected chi connectivity index (χ0v) is 10.6. The molecule has 102 valence electrons. The number of benzene rings is 1. The van der Waals surface area contributed by atoms with Gasteiger partial charge in [-0.05, 0) is 25.5 Å². The Labute approximate surface area is 110 Å². The second-order valence-electron chi connectivity index (χ2n) is 4.07. The maximum Gasteiger partial charge on any atom is 0.330 e. The topological polar surface area (TPSA) is 92.5 Å². The van der Waals surface area contributed by atoms with Crippen LogP contribution in [-0.4, -0.2) is 29.1 Å². The Kier molecular flexibility index (Phi) is 5.69. The zero-order chi connectivity index (χ0) is 14.3. The molecule has 1 aromatic carbocycles. The molecule has 0 atom stereocenters. The third-order valence-corrected chi connectivity index (χ3v) is 2.63. The van der Waals surface area contributed by atoms with Crippen LogP contribution in [0.1, 0.15) is 12.5 Å². The first kappa shape index (κ1) is 14.8. The molecule has 0 fully saturated rings. The molecule has 0 radical (unpaired) electrons. The molecule has 2 N–H and O–H groups in total. The summed E-state index contributed by atoms with van der Waals surface area (Å²) >= 11 is 0. The minimum atomic E-state index is -0.919. The lowest BCUT2D eigenvalue weighted by Gasteiger charge is -2.02. The number of nitrogens with one attached hydrogen (secondary N) is 1. The van der Waals surface area contributed by atoms with Gasteiger partial charge in [-0.3, -0.25) is 10.1 Å². The van der Waals surface area contributed by atoms with Crippen molar-refractivity contribution in [1.82, 2.24) is 5.32 Å². The molecule has 1 rings (SSSR count). The predicted octanol–water partition coefficient (Wildman–Crippen LogP) is 1.76. The lowest BCUT2D eigenvalue weighted by Crippen LogP contribution is -2.17. The van der Waals surface area contributed by atoms with Crippen molar-refractivity contribution in [2.45, 2.75) is 13.3 Å². The smallest absolute Gasteiger partial charge is 0.330 e. The van der Waals surface area contributed by atoms with Crippen LogP contribution in [0.25, 0.3) is 0 Å². The van der Waals surface area contributed by atoms with Crippen molar-refractivity contribution in [3.05, 3.63) is 51.6 Å². The first-order valence-electron chi connectivity index (χ1n) is 5.85. The van der Waals surface area contributed by atoms with Crippen LogP contribution in [0.5, 0.6) is 0 Å². The summed E-state index contributed by atoms with van der Waals surface area (Å²) in [5.74, 6) is -0.919. The lowest BCUT2D eigenvalue weighted by molar-refractivity contribution is -0.384. The summed E-state index contributed by atoms with van der Waals surface area (Å²) in [7, 11) is 0. The number of nitrogens with zero attached hydrogens (tertiary/aromatic N) is 1. The minimum absolute atomic E-state index is 0.0803. The van der Waals surface area contributed by atoms with Crippen LogP contribution in [0.2, 0.25) is 0 Å². The average molecular weight is 264 g/mol. The molecule has 0 heterocycles. The van der Waals surface area contributed by atoms with E-state index in [1.807, 2.05) is 0 Å². The van der Waals surface area contributed by atoms with Crippen LogP contribution in [0.4, 0.5) is 5.69 Å². The minimum Gasteiger partial charge on any atom is -0.478 e. The Morgan fingerprint density at radius 1 is 1.42 bits per heavy atom. The van der Waals surface area contributed by atoms with Gasteiger partial charge in [0.05, 0.1) is 4.92 Å². The van der Waals surface area contributed by atoms with E-state index in [4.69, 9.17) is 5.11 Å². The molecule has 19 heavy (non-hydrogen) atoms. The predicted molar refractivity (Wildman–Crippen MR) is 71.1 cm³/mol. The summed E-state index contributed by atoms with van der Waals surface area (Å²) in [6, 6.07) is 6.39. The van der Waals surface area contributed by atoms with E-state index in [9.17, 15) is 14.9 Å². The van der Waals surface area contributed by atoms with Gasteiger partial charge in [-0.2, -0.15) is 0 Å². The zero-order valence-electron chi connectivity index (χ0n) is 10.6. The largest absolute Gasteiger partial charge is 0.478 e. The first-order valence-corrected chi connectivity index (χ1v) is 5.85. The van der Waals surface area contributed by atoms with E-state index >= 15 is 0 Å². The fourth-order valence-electron chi connectivity index (χ4n) is 1.43. The molecule has 1 aromatic rings. The van der Waals surface area contributed by atoms with Gasteiger partial charge in [-0.15, -0.1) is 0 Å². The summed E-state index contributed by atoms with van der Waals surface area (Å²) in [6.07, 6.45) is 2.34. The number of nitro benzene ring substituents is 1. The molecule has 0 aliphatic carbocycles. The van der Waals surface area contributed by atoms with E-state index in [1.165, 1.54) is 12.1 Å². The number of carboxylic acid groups (broad SMARTS) is 1. The highest BCUT2D eigenvalue weighted by atomic mass is 16.6. The molecule has 0 aromatic heterocycles. The highest BCUT2D eigenvalue weighted by molar-refractivity contribution is 5.85. The molecule has 0 saturated heterocycles. The Balaban J connectivity index is 2.32. The van der Waals surface area contributed by atoms with Crippen molar-refractivity contribution < 1.29 is 14.8 Å². The van der Waals surface area contributed by atoms with E-state index < -0.39 is 10.9 Å². The number of carboxylic acids is 1. The van der Waals surface area contributed by atoms with Crippen LogP contribution < -0.4 is 5.32 Å². The fraction of sp³-hybridized carbons (Fsp3) is 0.308. The van der Waals surface area contributed by atoms with Gasteiger partial charge >= 0.3 is 5.97 Å². The van der Waals surface area contributed by atoms with Crippen molar-refractivity contribution in [2.75, 3.05) is 13.1 Å². The second-order valence-corrected chi connectivity index (χ2v) is 4.07. The molecule has 0 spiro atoms. The van der Waals surface area contributed by atoms with E-state index in [-0.39, 0.29) is 5.69 Å². The highest BCUT2D eigenvalue weighted by Gasteiger charge is 2.03. The Morgan fingerprint density at radius 2 is 2.05 bits per heavy atom. The lowest BCUT2D eigenvalue weighted by atomic mass is 10.1. The third kappa shape index (κ3) is 5.31. The molecule has 0 amide bonds. The second kappa shape index (κ2) is 7.27. The van der Waals surface area contributed by atoms with Gasteiger partial charge in [-0.25, -0.2) is 4.79 Å². The van der Waals surface area contributed by atoms with Crippen molar-refractivity contribution in [2.24, 2.45) is 0 Å². The summed E-state index contributed by atoms with van der Waals surface area (Å²) in [6.45, 7) is 2.71. The number of non-ortho nitro benzene ring substituents is 1. The van der Waals surface area contributed by atoms with Gasteiger partial charge < -0.3 is 10.4 Å². The van der Waals surface area contributed by atoms with Crippen molar-refractivity contribution in [3.8, 4) is 0 Å². The van der Waals surface area contributed by atoms with Crippen molar-refractivity contribution >= 4 is 11.7 Å². The van der Waals surface area contributed by atoms with Gasteiger partial charge in [0.15, 0.2) is 0 Å². The fourth-order valence-corrected chi connectivity index (χ4v) is 1.43. The molecule has 6 nitrogen and oxygen atoms in total. The van der Waals surface area contributed by atoms with Crippen LogP contribution in [0, 0.1) is 10.1 Å². The summed E-state index contributed by atoms with van der Waals surface area (Å²) in [4.78, 5) is 20.6. The number of carbonyl (C=O) groups is 1. The summed E-state index contributed by atoms with van der Waals surface area (Å²) in [5, 5.41) is 22.2. The van der Waals surface area contributed by atoms with Crippen LogP contribution in [0.15, 0.2) is 35.9 Å². The van der Waals surface area contributed by atoms with Crippen molar-refractivity contribution in [1.29, 1.82) is 0 Å². The van der Waals surface area contributed by atoms with E-state index in [1.54, 1.807) is 25.1 Å². The average Bonchev–Trinajstić information content (AvgIpc) is 2.38. The van der Waals surface area contributed by atoms with Crippen molar-refractivity contribution in [3.63, 3.8) is 0 Å². The number of hydrogen-bond acceptors (Lipinski definition) is 4. The normalized spacial score (nSPS) is 11.3. The standard InChI is InChI=1S/C13H16N2O4/c1-10(13(16)17)6-8-14-9-7-11-2-4-12(5-3-11)15(18)19/h2-6,14H,7-9H2,1H3,(H,16,17)/b10-6-. The number of nitro groups is 1. The van der Waals surface area contributed by atoms with Crippen LogP contribution in [-0.2, 0) is 11.2 Å². The maximum absolute atomic E-state index is 10.5.